The minimum absolute atomic E-state index is 0.0167. The molecule has 3 saturated heterocycles. The van der Waals surface area contributed by atoms with E-state index in [9.17, 15) is 4.79 Å². The smallest absolute Gasteiger partial charge is 0.411 e. The molecule has 3 aliphatic rings. The van der Waals surface area contributed by atoms with E-state index in [4.69, 9.17) is 28.9 Å². The molecule has 2 aromatic carbocycles. The molecule has 0 N–H and O–H groups in total. The fourth-order valence-electron chi connectivity index (χ4n) is 7.93. The highest BCUT2D eigenvalue weighted by Gasteiger charge is 2.52. The Balaban J connectivity index is 1.32. The number of benzene rings is 2. The number of anilines is 1. The van der Waals surface area contributed by atoms with Crippen LogP contribution in [0.25, 0.3) is 32.9 Å². The van der Waals surface area contributed by atoms with Gasteiger partial charge in [0.15, 0.2) is 5.82 Å². The Labute approximate surface area is 314 Å². The zero-order chi connectivity index (χ0) is 38.1. The number of amides is 1. The first kappa shape index (κ1) is 37.3. The number of likely N-dealkylation sites (N-methyl/N-ethyl adjacent to an activating group) is 1. The molecule has 3 aliphatic heterocycles. The van der Waals surface area contributed by atoms with Gasteiger partial charge >= 0.3 is 12.1 Å². The van der Waals surface area contributed by atoms with Gasteiger partial charge in [0.1, 0.15) is 35.0 Å². The fourth-order valence-corrected chi connectivity index (χ4v) is 8.94. The monoisotopic (exact) mass is 742 g/mol. The first-order valence-electron chi connectivity index (χ1n) is 19.0. The molecule has 2 aromatic heterocycles. The second-order valence-electron chi connectivity index (χ2n) is 18.1. The summed E-state index contributed by atoms with van der Waals surface area (Å²) in [5.74, 6) is 0.723. The average molecular weight is 743 g/mol. The number of likely N-dealkylation sites (tertiary alicyclic amines) is 1. The molecule has 0 spiro atoms. The van der Waals surface area contributed by atoms with Crippen LogP contribution in [-0.4, -0.2) is 95.7 Å². The van der Waals surface area contributed by atoms with Crippen molar-refractivity contribution < 1.29 is 23.1 Å². The number of carbonyl (C=O) groups is 1. The molecule has 10 nitrogen and oxygen atoms in total. The molecular formula is C41H55FN6O4Si. The van der Waals surface area contributed by atoms with Gasteiger partial charge in [-0.05, 0) is 108 Å². The lowest BCUT2D eigenvalue weighted by Gasteiger charge is -2.47. The van der Waals surface area contributed by atoms with Gasteiger partial charge in [-0.2, -0.15) is 9.97 Å². The number of hydrogen-bond acceptors (Lipinski definition) is 9. The molecule has 284 valence electrons. The van der Waals surface area contributed by atoms with Crippen molar-refractivity contribution >= 4 is 41.9 Å². The van der Waals surface area contributed by atoms with Crippen LogP contribution in [-0.2, 0) is 4.74 Å². The van der Waals surface area contributed by atoms with Gasteiger partial charge < -0.3 is 23.7 Å². The number of piperazine rings is 1. The van der Waals surface area contributed by atoms with E-state index in [1.807, 2.05) is 62.1 Å². The Bertz CT molecular complexity index is 2050. The van der Waals surface area contributed by atoms with Gasteiger partial charge in [0.05, 0.1) is 17.0 Å². The van der Waals surface area contributed by atoms with Crippen molar-refractivity contribution in [1.29, 1.82) is 0 Å². The molecule has 0 radical (unpaired) electrons. The number of rotatable bonds is 7. The van der Waals surface area contributed by atoms with Gasteiger partial charge in [0, 0.05) is 30.9 Å². The third-order valence-electron chi connectivity index (χ3n) is 11.8. The number of carbonyl (C=O) groups excluding carboxylic acids is 1. The Hall–Kier alpha value is -4.03. The molecular weight excluding hydrogens is 688 g/mol. The van der Waals surface area contributed by atoms with Crippen LogP contribution in [0.15, 0.2) is 42.6 Å². The van der Waals surface area contributed by atoms with E-state index in [-0.39, 0.29) is 40.4 Å². The number of nitrogens with zero attached hydrogens (tertiary/aromatic N) is 6. The van der Waals surface area contributed by atoms with Gasteiger partial charge in [-0.3, -0.25) is 9.88 Å². The second-order valence-corrected chi connectivity index (χ2v) is 22.8. The summed E-state index contributed by atoms with van der Waals surface area (Å²) in [5, 5.41) is 2.30. The van der Waals surface area contributed by atoms with Crippen LogP contribution in [0.4, 0.5) is 15.0 Å². The molecule has 3 fully saturated rings. The molecule has 4 aromatic rings. The first-order chi connectivity index (χ1) is 24.8. The molecule has 5 heterocycles. The summed E-state index contributed by atoms with van der Waals surface area (Å²) < 4.78 is 36.2. The third kappa shape index (κ3) is 7.16. The van der Waals surface area contributed by atoms with Gasteiger partial charge in [-0.1, -0.05) is 45.0 Å². The van der Waals surface area contributed by atoms with Gasteiger partial charge in [-0.25, -0.2) is 9.18 Å². The van der Waals surface area contributed by atoms with E-state index in [2.05, 4.69) is 57.6 Å². The Morgan fingerprint density at radius 2 is 1.81 bits per heavy atom. The molecule has 0 saturated carbocycles. The fraction of sp³-hybridized carbons (Fsp3) is 0.561. The number of hydrogen-bond donors (Lipinski definition) is 0. The Morgan fingerprint density at radius 1 is 1.06 bits per heavy atom. The van der Waals surface area contributed by atoms with Crippen LogP contribution in [0.5, 0.6) is 11.8 Å². The maximum absolute atomic E-state index is 17.3. The van der Waals surface area contributed by atoms with E-state index in [1.54, 1.807) is 6.20 Å². The molecule has 12 heteroatoms. The normalized spacial score (nSPS) is 22.5. The van der Waals surface area contributed by atoms with E-state index in [1.165, 1.54) is 0 Å². The van der Waals surface area contributed by atoms with Crippen LogP contribution in [0.1, 0.15) is 74.1 Å². The Morgan fingerprint density at radius 3 is 2.49 bits per heavy atom. The standard InChI is InChI=1S/C41H55FN6O4Si/c1-39(2,3)51-38(49)48-27-17-18-41(48,7)25-47(23-27)36-32-22-43-34(33(42)35(32)44-37(45-36)50-24-28-15-13-19-46(28)8)31-21-29(52-53(9,10)40(4,5)6)20-26-14-11-12-16-30(26)31/h11-12,14,16,20-22,27-28H,13,15,17-19,23-25H2,1-10H3/t27?,28-,41?/m0/s1. The number of fused-ring (bicyclic) bond motifs is 4. The van der Waals surface area contributed by atoms with E-state index < -0.39 is 25.3 Å². The van der Waals surface area contributed by atoms with Crippen LogP contribution in [0.3, 0.4) is 0 Å². The summed E-state index contributed by atoms with van der Waals surface area (Å²) in [7, 11) is -0.107. The number of pyridine rings is 1. The van der Waals surface area contributed by atoms with Crippen LogP contribution >= 0.6 is 0 Å². The number of ether oxygens (including phenoxy) is 2. The molecule has 2 unspecified atom stereocenters. The second kappa shape index (κ2) is 13.4. The average Bonchev–Trinajstić information content (AvgIpc) is 3.57. The molecule has 0 aliphatic carbocycles. The summed E-state index contributed by atoms with van der Waals surface area (Å²) in [6, 6.07) is 12.2. The third-order valence-corrected chi connectivity index (χ3v) is 16.2. The quantitative estimate of drug-likeness (QED) is 0.172. The van der Waals surface area contributed by atoms with Crippen molar-refractivity contribution in [3.05, 3.63) is 48.4 Å². The molecule has 53 heavy (non-hydrogen) atoms. The Kier molecular flexibility index (Phi) is 9.41. The van der Waals surface area contributed by atoms with Crippen molar-refractivity contribution in [3.8, 4) is 23.0 Å². The zero-order valence-electron chi connectivity index (χ0n) is 33.0. The van der Waals surface area contributed by atoms with Gasteiger partial charge in [-0.15, -0.1) is 0 Å². The SMILES string of the molecule is CN1CCC[C@H]1COc1nc(N2CC3CCC(C)(C2)N3C(=O)OC(C)(C)C)c2cnc(-c3cc(O[Si](C)(C)C(C)(C)C)cc4ccccc34)c(F)c2n1. The van der Waals surface area contributed by atoms with Gasteiger partial charge in [0.2, 0.25) is 8.32 Å². The number of halogens is 1. The summed E-state index contributed by atoms with van der Waals surface area (Å²) in [5.41, 5.74) is -0.104. The van der Waals surface area contributed by atoms with Crippen LogP contribution in [0.2, 0.25) is 18.1 Å². The highest BCUT2D eigenvalue weighted by atomic mass is 28.4. The minimum atomic E-state index is -2.20. The molecule has 1 amide bonds. The summed E-state index contributed by atoms with van der Waals surface area (Å²) in [6.07, 6.45) is 5.18. The summed E-state index contributed by atoms with van der Waals surface area (Å²) in [6.45, 7) is 21.2. The molecule has 2 bridgehead atoms. The summed E-state index contributed by atoms with van der Waals surface area (Å²) >= 11 is 0. The summed E-state index contributed by atoms with van der Waals surface area (Å²) in [4.78, 5) is 34.3. The maximum Gasteiger partial charge on any atom is 0.411 e. The van der Waals surface area contributed by atoms with Crippen molar-refractivity contribution in [2.45, 2.75) is 116 Å². The van der Waals surface area contributed by atoms with E-state index >= 15 is 4.39 Å². The number of aromatic nitrogens is 3. The molecule has 3 atom stereocenters. The van der Waals surface area contributed by atoms with Crippen molar-refractivity contribution in [3.63, 3.8) is 0 Å². The highest BCUT2D eigenvalue weighted by Crippen LogP contribution is 2.44. The lowest BCUT2D eigenvalue weighted by molar-refractivity contribution is -0.00280. The van der Waals surface area contributed by atoms with E-state index in [0.29, 0.717) is 42.2 Å². The maximum atomic E-state index is 17.3. The highest BCUT2D eigenvalue weighted by molar-refractivity contribution is 6.74. The lowest BCUT2D eigenvalue weighted by Crippen LogP contribution is -2.63. The largest absolute Gasteiger partial charge is 0.543 e. The molecule has 7 rings (SSSR count). The topological polar surface area (TPSA) is 93.2 Å². The van der Waals surface area contributed by atoms with Crippen molar-refractivity contribution in [1.82, 2.24) is 24.8 Å². The minimum Gasteiger partial charge on any atom is -0.543 e. The van der Waals surface area contributed by atoms with E-state index in [0.717, 1.165) is 43.0 Å². The van der Waals surface area contributed by atoms with Crippen molar-refractivity contribution in [2.24, 2.45) is 0 Å². The lowest BCUT2D eigenvalue weighted by atomic mass is 9.97. The predicted octanol–water partition coefficient (Wildman–Crippen LogP) is 8.82. The first-order valence-corrected chi connectivity index (χ1v) is 21.9. The van der Waals surface area contributed by atoms with Crippen molar-refractivity contribution in [2.75, 3.05) is 38.2 Å². The zero-order valence-corrected chi connectivity index (χ0v) is 34.0. The van der Waals surface area contributed by atoms with Crippen LogP contribution < -0.4 is 14.1 Å². The predicted molar refractivity (Wildman–Crippen MR) is 211 cm³/mol. The van der Waals surface area contributed by atoms with Gasteiger partial charge in [0.25, 0.3) is 0 Å². The van der Waals surface area contributed by atoms with Crippen LogP contribution in [0, 0.1) is 5.82 Å².